The van der Waals surface area contributed by atoms with E-state index in [-0.39, 0.29) is 24.9 Å². The Kier molecular flexibility index (Phi) is 3.25. The highest BCUT2D eigenvalue weighted by Crippen LogP contribution is 2.33. The van der Waals surface area contributed by atoms with E-state index in [1.807, 2.05) is 0 Å². The molecule has 1 rings (SSSR count). The van der Waals surface area contributed by atoms with Gasteiger partial charge in [0, 0.05) is 6.04 Å². The van der Waals surface area contributed by atoms with Crippen molar-refractivity contribution in [1.29, 1.82) is 0 Å². The predicted molar refractivity (Wildman–Crippen MR) is 46.0 cm³/mol. The maximum atomic E-state index is 10.9. The van der Waals surface area contributed by atoms with Gasteiger partial charge in [-0.25, -0.2) is 0 Å². The Morgan fingerprint density at radius 3 is 2.54 bits per heavy atom. The third-order valence-electron chi connectivity index (χ3n) is 2.12. The minimum atomic E-state index is -0.880. The molecule has 1 aliphatic rings. The quantitative estimate of drug-likeness (QED) is 0.530. The average Bonchev–Trinajstić information content (AvgIpc) is 2.84. The van der Waals surface area contributed by atoms with Crippen molar-refractivity contribution in [2.75, 3.05) is 6.54 Å². The highest BCUT2D eigenvalue weighted by Gasteiger charge is 2.33. The highest BCUT2D eigenvalue weighted by atomic mass is 16.4. The standard InChI is InChI=1S/C8H14N2O3/c9-4-7(11)10-6(3-8(12)13)5-1-2-5/h5-6H,1-4,9H2,(H,10,11)(H,12,13). The molecule has 0 aliphatic heterocycles. The molecule has 0 heterocycles. The molecule has 74 valence electrons. The van der Waals surface area contributed by atoms with Crippen LogP contribution in [0.3, 0.4) is 0 Å². The summed E-state index contributed by atoms with van der Waals surface area (Å²) in [6, 6.07) is -0.228. The van der Waals surface area contributed by atoms with Crippen LogP contribution < -0.4 is 11.1 Å². The summed E-state index contributed by atoms with van der Waals surface area (Å²) in [6.45, 7) is -0.0805. The Morgan fingerprint density at radius 2 is 2.15 bits per heavy atom. The molecular formula is C8H14N2O3. The maximum Gasteiger partial charge on any atom is 0.305 e. The van der Waals surface area contributed by atoms with Crippen LogP contribution in [0.25, 0.3) is 0 Å². The summed E-state index contributed by atoms with van der Waals surface area (Å²) in [4.78, 5) is 21.3. The number of carbonyl (C=O) groups excluding carboxylic acids is 1. The summed E-state index contributed by atoms with van der Waals surface area (Å²) >= 11 is 0. The monoisotopic (exact) mass is 186 g/mol. The van der Waals surface area contributed by atoms with Gasteiger partial charge in [-0.05, 0) is 18.8 Å². The van der Waals surface area contributed by atoms with Crippen molar-refractivity contribution in [3.63, 3.8) is 0 Å². The second kappa shape index (κ2) is 4.23. The van der Waals surface area contributed by atoms with Gasteiger partial charge >= 0.3 is 5.97 Å². The lowest BCUT2D eigenvalue weighted by Gasteiger charge is -2.15. The van der Waals surface area contributed by atoms with Crippen molar-refractivity contribution in [2.24, 2.45) is 11.7 Å². The van der Waals surface area contributed by atoms with Crippen molar-refractivity contribution in [1.82, 2.24) is 5.32 Å². The molecule has 0 aromatic rings. The Morgan fingerprint density at radius 1 is 1.54 bits per heavy atom. The molecule has 5 nitrogen and oxygen atoms in total. The van der Waals surface area contributed by atoms with E-state index in [0.29, 0.717) is 5.92 Å². The van der Waals surface area contributed by atoms with Gasteiger partial charge in [-0.3, -0.25) is 9.59 Å². The first-order valence-electron chi connectivity index (χ1n) is 4.34. The molecule has 1 saturated carbocycles. The van der Waals surface area contributed by atoms with Crippen molar-refractivity contribution < 1.29 is 14.7 Å². The van der Waals surface area contributed by atoms with Gasteiger partial charge in [0.05, 0.1) is 13.0 Å². The summed E-state index contributed by atoms with van der Waals surface area (Å²) in [5, 5.41) is 11.2. The van der Waals surface area contributed by atoms with Crippen LogP contribution in [0.5, 0.6) is 0 Å². The number of hydrogen-bond donors (Lipinski definition) is 3. The average molecular weight is 186 g/mol. The molecule has 0 aromatic carbocycles. The van der Waals surface area contributed by atoms with Gasteiger partial charge in [-0.2, -0.15) is 0 Å². The second-order valence-electron chi connectivity index (χ2n) is 3.31. The highest BCUT2D eigenvalue weighted by molar-refractivity contribution is 5.79. The van der Waals surface area contributed by atoms with Crippen molar-refractivity contribution >= 4 is 11.9 Å². The summed E-state index contributed by atoms with van der Waals surface area (Å²) in [6.07, 6.45) is 2.00. The molecule has 0 saturated heterocycles. The van der Waals surface area contributed by atoms with E-state index in [9.17, 15) is 9.59 Å². The van der Waals surface area contributed by atoms with Crippen LogP contribution in [0, 0.1) is 5.92 Å². The number of hydrogen-bond acceptors (Lipinski definition) is 3. The van der Waals surface area contributed by atoms with Crippen LogP contribution in [0.1, 0.15) is 19.3 Å². The molecule has 1 aliphatic carbocycles. The number of nitrogens with two attached hydrogens (primary N) is 1. The minimum Gasteiger partial charge on any atom is -0.481 e. The van der Waals surface area contributed by atoms with Crippen LogP contribution in [0.15, 0.2) is 0 Å². The number of carbonyl (C=O) groups is 2. The smallest absolute Gasteiger partial charge is 0.305 e. The minimum absolute atomic E-state index is 0.00356. The largest absolute Gasteiger partial charge is 0.481 e. The molecule has 1 amide bonds. The van der Waals surface area contributed by atoms with Crippen LogP contribution in [-0.2, 0) is 9.59 Å². The molecule has 0 radical (unpaired) electrons. The third-order valence-corrected chi connectivity index (χ3v) is 2.12. The number of carboxylic acid groups (broad SMARTS) is 1. The first kappa shape index (κ1) is 9.98. The van der Waals surface area contributed by atoms with Crippen molar-refractivity contribution in [3.05, 3.63) is 0 Å². The lowest BCUT2D eigenvalue weighted by atomic mass is 10.1. The zero-order valence-electron chi connectivity index (χ0n) is 7.32. The summed E-state index contributed by atoms with van der Waals surface area (Å²) in [5.41, 5.74) is 5.11. The van der Waals surface area contributed by atoms with E-state index in [1.54, 1.807) is 0 Å². The molecule has 5 heteroatoms. The summed E-state index contributed by atoms with van der Waals surface area (Å²) < 4.78 is 0. The fourth-order valence-electron chi connectivity index (χ4n) is 1.29. The Balaban J connectivity index is 2.37. The van der Waals surface area contributed by atoms with E-state index < -0.39 is 5.97 Å². The van der Waals surface area contributed by atoms with Gasteiger partial charge in [-0.1, -0.05) is 0 Å². The van der Waals surface area contributed by atoms with E-state index in [4.69, 9.17) is 10.8 Å². The SMILES string of the molecule is NCC(=O)NC(CC(=O)O)C1CC1. The van der Waals surface area contributed by atoms with Gasteiger partial charge < -0.3 is 16.2 Å². The van der Waals surface area contributed by atoms with Gasteiger partial charge in [0.25, 0.3) is 0 Å². The molecule has 0 aromatic heterocycles. The Labute approximate surface area is 76.3 Å². The topological polar surface area (TPSA) is 92.4 Å². The fourth-order valence-corrected chi connectivity index (χ4v) is 1.29. The number of rotatable bonds is 5. The van der Waals surface area contributed by atoms with Crippen LogP contribution in [0.4, 0.5) is 0 Å². The third kappa shape index (κ3) is 3.42. The summed E-state index contributed by atoms with van der Waals surface area (Å²) in [7, 11) is 0. The Hall–Kier alpha value is -1.10. The predicted octanol–water partition coefficient (Wildman–Crippen LogP) is -0.685. The zero-order valence-corrected chi connectivity index (χ0v) is 7.32. The van der Waals surface area contributed by atoms with E-state index in [1.165, 1.54) is 0 Å². The molecule has 1 atom stereocenters. The van der Waals surface area contributed by atoms with Crippen LogP contribution in [-0.4, -0.2) is 29.6 Å². The molecular weight excluding hydrogens is 172 g/mol. The normalized spacial score (nSPS) is 17.9. The van der Waals surface area contributed by atoms with Crippen LogP contribution in [0.2, 0.25) is 0 Å². The second-order valence-corrected chi connectivity index (χ2v) is 3.31. The lowest BCUT2D eigenvalue weighted by Crippen LogP contribution is -2.41. The molecule has 13 heavy (non-hydrogen) atoms. The van der Waals surface area contributed by atoms with Gasteiger partial charge in [0.2, 0.25) is 5.91 Å². The number of aliphatic carboxylic acids is 1. The van der Waals surface area contributed by atoms with E-state index in [2.05, 4.69) is 5.32 Å². The van der Waals surface area contributed by atoms with E-state index >= 15 is 0 Å². The molecule has 1 fully saturated rings. The first-order chi connectivity index (χ1) is 6.13. The van der Waals surface area contributed by atoms with Gasteiger partial charge in [-0.15, -0.1) is 0 Å². The maximum absolute atomic E-state index is 10.9. The zero-order chi connectivity index (χ0) is 9.84. The first-order valence-corrected chi connectivity index (χ1v) is 4.34. The fraction of sp³-hybridized carbons (Fsp3) is 0.750. The molecule has 1 unspecified atom stereocenters. The Bertz CT molecular complexity index is 213. The van der Waals surface area contributed by atoms with Crippen molar-refractivity contribution in [3.8, 4) is 0 Å². The number of nitrogens with one attached hydrogen (secondary N) is 1. The van der Waals surface area contributed by atoms with Gasteiger partial charge in [0.15, 0.2) is 0 Å². The van der Waals surface area contributed by atoms with Gasteiger partial charge in [0.1, 0.15) is 0 Å². The number of carboxylic acids is 1. The van der Waals surface area contributed by atoms with Crippen molar-refractivity contribution in [2.45, 2.75) is 25.3 Å². The molecule has 0 spiro atoms. The number of amides is 1. The summed E-state index contributed by atoms with van der Waals surface area (Å²) in [5.74, 6) is -0.820. The molecule has 0 bridgehead atoms. The lowest BCUT2D eigenvalue weighted by molar-refractivity contribution is -0.137. The van der Waals surface area contributed by atoms with Crippen LogP contribution >= 0.6 is 0 Å². The van der Waals surface area contributed by atoms with E-state index in [0.717, 1.165) is 12.8 Å². The molecule has 4 N–H and O–H groups in total.